The molecule has 3 aromatic rings. The molecule has 20 heavy (non-hydrogen) atoms. The fourth-order valence-corrected chi connectivity index (χ4v) is 1.86. The van der Waals surface area contributed by atoms with Crippen LogP contribution in [0.2, 0.25) is 0 Å². The average Bonchev–Trinajstić information content (AvgIpc) is 2.96. The van der Waals surface area contributed by atoms with Crippen LogP contribution in [0.25, 0.3) is 11.0 Å². The highest BCUT2D eigenvalue weighted by molar-refractivity contribution is 5.89. The summed E-state index contributed by atoms with van der Waals surface area (Å²) >= 11 is 0. The molecular formula is C13H11N7. The lowest BCUT2D eigenvalue weighted by Gasteiger charge is -2.09. The zero-order chi connectivity index (χ0) is 13.9. The van der Waals surface area contributed by atoms with Gasteiger partial charge in [-0.25, -0.2) is 0 Å². The third-order valence-corrected chi connectivity index (χ3v) is 2.83. The molecule has 0 fully saturated rings. The number of aromatic nitrogens is 4. The van der Waals surface area contributed by atoms with E-state index in [0.29, 0.717) is 28.7 Å². The van der Waals surface area contributed by atoms with Crippen LogP contribution in [0.5, 0.6) is 0 Å². The Balaban J connectivity index is 2.10. The number of benzene rings is 1. The average molecular weight is 265 g/mol. The van der Waals surface area contributed by atoms with E-state index in [-0.39, 0.29) is 0 Å². The molecule has 2 aromatic heterocycles. The summed E-state index contributed by atoms with van der Waals surface area (Å²) in [6, 6.07) is 9.38. The standard InChI is InChI=1S/C13H11N7/c1-15-13-18-11(9-7-16-20-12(9)19-13)17-10-5-3-2-4-8(10)6-14/h2-5,7H,1H3,(H3,15,16,17,18,19,20). The van der Waals surface area contributed by atoms with Gasteiger partial charge in [0, 0.05) is 7.05 Å². The lowest BCUT2D eigenvalue weighted by atomic mass is 10.2. The van der Waals surface area contributed by atoms with Gasteiger partial charge in [0.15, 0.2) is 5.65 Å². The molecule has 3 rings (SSSR count). The molecule has 1 aromatic carbocycles. The molecule has 7 nitrogen and oxygen atoms in total. The van der Waals surface area contributed by atoms with Crippen LogP contribution in [0, 0.1) is 11.3 Å². The minimum Gasteiger partial charge on any atom is -0.357 e. The number of nitriles is 1. The predicted molar refractivity (Wildman–Crippen MR) is 75.7 cm³/mol. The normalized spacial score (nSPS) is 10.2. The Labute approximate surface area is 114 Å². The Morgan fingerprint density at radius 2 is 2.10 bits per heavy atom. The third kappa shape index (κ3) is 1.99. The van der Waals surface area contributed by atoms with Crippen molar-refractivity contribution >= 4 is 28.5 Å². The number of para-hydroxylation sites is 1. The second-order valence-corrected chi connectivity index (χ2v) is 4.06. The summed E-state index contributed by atoms with van der Waals surface area (Å²) in [6.07, 6.45) is 1.64. The second kappa shape index (κ2) is 4.85. The number of fused-ring (bicyclic) bond motifs is 1. The molecule has 98 valence electrons. The number of rotatable bonds is 3. The van der Waals surface area contributed by atoms with Crippen LogP contribution in [0.1, 0.15) is 5.56 Å². The minimum absolute atomic E-state index is 0.471. The van der Waals surface area contributed by atoms with Crippen molar-refractivity contribution in [3.8, 4) is 6.07 Å². The molecule has 7 heteroatoms. The Morgan fingerprint density at radius 3 is 2.90 bits per heavy atom. The highest BCUT2D eigenvalue weighted by atomic mass is 15.2. The van der Waals surface area contributed by atoms with Gasteiger partial charge in [-0.05, 0) is 12.1 Å². The van der Waals surface area contributed by atoms with E-state index >= 15 is 0 Å². The molecule has 2 heterocycles. The van der Waals surface area contributed by atoms with Crippen molar-refractivity contribution in [3.05, 3.63) is 36.0 Å². The van der Waals surface area contributed by atoms with Crippen LogP contribution in [0.4, 0.5) is 17.5 Å². The first-order chi connectivity index (χ1) is 9.81. The Bertz CT molecular complexity index is 800. The van der Waals surface area contributed by atoms with E-state index in [1.54, 1.807) is 19.3 Å². The van der Waals surface area contributed by atoms with Crippen LogP contribution in [-0.2, 0) is 0 Å². The van der Waals surface area contributed by atoms with Crippen LogP contribution < -0.4 is 10.6 Å². The minimum atomic E-state index is 0.471. The van der Waals surface area contributed by atoms with Crippen molar-refractivity contribution in [1.82, 2.24) is 20.2 Å². The number of aromatic amines is 1. The third-order valence-electron chi connectivity index (χ3n) is 2.83. The molecule has 0 aliphatic carbocycles. The van der Waals surface area contributed by atoms with Gasteiger partial charge in [0.25, 0.3) is 0 Å². The lowest BCUT2D eigenvalue weighted by Crippen LogP contribution is -2.02. The maximum Gasteiger partial charge on any atom is 0.226 e. The fourth-order valence-electron chi connectivity index (χ4n) is 1.86. The fraction of sp³-hybridized carbons (Fsp3) is 0.0769. The second-order valence-electron chi connectivity index (χ2n) is 4.06. The van der Waals surface area contributed by atoms with E-state index in [0.717, 1.165) is 5.39 Å². The summed E-state index contributed by atoms with van der Waals surface area (Å²) in [7, 11) is 1.74. The van der Waals surface area contributed by atoms with Gasteiger partial charge in [0.2, 0.25) is 5.95 Å². The lowest BCUT2D eigenvalue weighted by molar-refractivity contribution is 1.09. The zero-order valence-corrected chi connectivity index (χ0v) is 10.7. The molecule has 3 N–H and O–H groups in total. The van der Waals surface area contributed by atoms with E-state index < -0.39 is 0 Å². The van der Waals surface area contributed by atoms with Crippen molar-refractivity contribution in [2.24, 2.45) is 0 Å². The quantitative estimate of drug-likeness (QED) is 0.669. The van der Waals surface area contributed by atoms with E-state index in [4.69, 9.17) is 5.26 Å². The molecule has 0 saturated heterocycles. The summed E-state index contributed by atoms with van der Waals surface area (Å²) in [5, 5.41) is 22.7. The maximum absolute atomic E-state index is 9.12. The van der Waals surface area contributed by atoms with Crippen molar-refractivity contribution < 1.29 is 0 Å². The van der Waals surface area contributed by atoms with Crippen LogP contribution in [0.15, 0.2) is 30.5 Å². The highest BCUT2D eigenvalue weighted by Crippen LogP contribution is 2.25. The predicted octanol–water partition coefficient (Wildman–Crippen LogP) is 2.01. The number of nitrogens with zero attached hydrogens (tertiary/aromatic N) is 4. The smallest absolute Gasteiger partial charge is 0.226 e. The Kier molecular flexibility index (Phi) is 2.89. The van der Waals surface area contributed by atoms with E-state index in [1.807, 2.05) is 18.2 Å². The summed E-state index contributed by atoms with van der Waals surface area (Å²) in [5.41, 5.74) is 1.87. The molecule has 0 amide bonds. The summed E-state index contributed by atoms with van der Waals surface area (Å²) in [5.74, 6) is 1.06. The van der Waals surface area contributed by atoms with Gasteiger partial charge >= 0.3 is 0 Å². The molecule has 0 radical (unpaired) electrons. The monoisotopic (exact) mass is 265 g/mol. The SMILES string of the molecule is CNc1nc(Nc2ccccc2C#N)c2cn[nH]c2n1. The van der Waals surface area contributed by atoms with Crippen molar-refractivity contribution in [2.75, 3.05) is 17.7 Å². The van der Waals surface area contributed by atoms with Gasteiger partial charge in [-0.2, -0.15) is 20.3 Å². The first-order valence-corrected chi connectivity index (χ1v) is 5.97. The first kappa shape index (κ1) is 11.9. The maximum atomic E-state index is 9.12. The van der Waals surface area contributed by atoms with Crippen LogP contribution >= 0.6 is 0 Å². The number of anilines is 3. The number of H-pyrrole nitrogens is 1. The van der Waals surface area contributed by atoms with Crippen molar-refractivity contribution in [1.29, 1.82) is 5.26 Å². The van der Waals surface area contributed by atoms with E-state index in [9.17, 15) is 0 Å². The van der Waals surface area contributed by atoms with E-state index in [2.05, 4.69) is 36.9 Å². The molecule has 0 spiro atoms. The molecular weight excluding hydrogens is 254 g/mol. The summed E-state index contributed by atoms with van der Waals surface area (Å²) in [6.45, 7) is 0. The number of nitrogens with one attached hydrogen (secondary N) is 3. The molecule has 0 aliphatic rings. The van der Waals surface area contributed by atoms with E-state index in [1.165, 1.54) is 0 Å². The van der Waals surface area contributed by atoms with Gasteiger partial charge in [-0.3, -0.25) is 5.10 Å². The molecule has 0 unspecified atom stereocenters. The van der Waals surface area contributed by atoms with Gasteiger partial charge in [-0.1, -0.05) is 12.1 Å². The molecule has 0 saturated carbocycles. The van der Waals surface area contributed by atoms with Crippen LogP contribution in [0.3, 0.4) is 0 Å². The number of hydrogen-bond donors (Lipinski definition) is 3. The first-order valence-electron chi connectivity index (χ1n) is 5.97. The number of hydrogen-bond acceptors (Lipinski definition) is 6. The van der Waals surface area contributed by atoms with Gasteiger partial charge < -0.3 is 10.6 Å². The zero-order valence-electron chi connectivity index (χ0n) is 10.7. The van der Waals surface area contributed by atoms with Crippen molar-refractivity contribution in [3.63, 3.8) is 0 Å². The van der Waals surface area contributed by atoms with Gasteiger partial charge in [0.05, 0.1) is 22.8 Å². The Hall–Kier alpha value is -3.14. The largest absolute Gasteiger partial charge is 0.357 e. The summed E-state index contributed by atoms with van der Waals surface area (Å²) < 4.78 is 0. The Morgan fingerprint density at radius 1 is 1.25 bits per heavy atom. The van der Waals surface area contributed by atoms with Gasteiger partial charge in [-0.15, -0.1) is 0 Å². The molecule has 0 atom stereocenters. The van der Waals surface area contributed by atoms with Crippen molar-refractivity contribution in [2.45, 2.75) is 0 Å². The van der Waals surface area contributed by atoms with Crippen LogP contribution in [-0.4, -0.2) is 27.2 Å². The molecule has 0 bridgehead atoms. The van der Waals surface area contributed by atoms with Gasteiger partial charge in [0.1, 0.15) is 11.9 Å². The summed E-state index contributed by atoms with van der Waals surface area (Å²) in [4.78, 5) is 8.61. The highest BCUT2D eigenvalue weighted by Gasteiger charge is 2.10. The topological polar surface area (TPSA) is 102 Å². The molecule has 0 aliphatic heterocycles.